The van der Waals surface area contributed by atoms with Gasteiger partial charge in [-0.2, -0.15) is 0 Å². The van der Waals surface area contributed by atoms with E-state index in [1.165, 1.54) is 0 Å². The zero-order valence-corrected chi connectivity index (χ0v) is 13.7. The maximum absolute atomic E-state index is 14.1. The SMILES string of the molecule is CCCCOc1ccc(OCCCC)c(S(F)(F)(F)(F)F)c1F. The maximum Gasteiger partial charge on any atom is 0.316 e. The molecule has 1 aromatic carbocycles. The molecule has 2 nitrogen and oxygen atoms in total. The molecule has 0 saturated carbocycles. The van der Waals surface area contributed by atoms with Crippen LogP contribution in [0.25, 0.3) is 0 Å². The smallest absolute Gasteiger partial charge is 0.316 e. The quantitative estimate of drug-likeness (QED) is 0.352. The average molecular weight is 366 g/mol. The third kappa shape index (κ3) is 5.71. The molecule has 0 saturated heterocycles. The van der Waals surface area contributed by atoms with Crippen molar-refractivity contribution in [2.45, 2.75) is 44.4 Å². The fourth-order valence-electron chi connectivity index (χ4n) is 1.76. The Hall–Kier alpha value is -1.25. The van der Waals surface area contributed by atoms with Crippen molar-refractivity contribution in [2.75, 3.05) is 13.2 Å². The van der Waals surface area contributed by atoms with E-state index < -0.39 is 32.4 Å². The molecular formula is C14H20F6O2S. The molecule has 0 aliphatic heterocycles. The Morgan fingerprint density at radius 1 is 0.826 bits per heavy atom. The van der Waals surface area contributed by atoms with Crippen LogP contribution >= 0.6 is 10.2 Å². The Kier molecular flexibility index (Phi) is 5.45. The minimum atomic E-state index is -10.3. The van der Waals surface area contributed by atoms with Gasteiger partial charge in [0.05, 0.1) is 13.2 Å². The zero-order chi connectivity index (χ0) is 17.8. The van der Waals surface area contributed by atoms with Crippen LogP contribution < -0.4 is 9.47 Å². The summed E-state index contributed by atoms with van der Waals surface area (Å²) in [6, 6.07) is 1.55. The monoisotopic (exact) mass is 366 g/mol. The van der Waals surface area contributed by atoms with Crippen molar-refractivity contribution in [2.24, 2.45) is 0 Å². The van der Waals surface area contributed by atoms with E-state index in [0.29, 0.717) is 31.7 Å². The molecule has 136 valence electrons. The van der Waals surface area contributed by atoms with Gasteiger partial charge in [0.2, 0.25) is 0 Å². The topological polar surface area (TPSA) is 18.5 Å². The molecule has 0 heterocycles. The van der Waals surface area contributed by atoms with Crippen LogP contribution in [0.15, 0.2) is 17.0 Å². The number of halogens is 6. The second-order valence-electron chi connectivity index (χ2n) is 5.08. The van der Waals surface area contributed by atoms with Crippen molar-refractivity contribution in [3.8, 4) is 11.5 Å². The van der Waals surface area contributed by atoms with E-state index in [0.717, 1.165) is 6.07 Å². The van der Waals surface area contributed by atoms with Gasteiger partial charge in [0.1, 0.15) is 5.75 Å². The second-order valence-corrected chi connectivity index (χ2v) is 7.42. The van der Waals surface area contributed by atoms with Crippen molar-refractivity contribution in [1.29, 1.82) is 0 Å². The first-order valence-electron chi connectivity index (χ1n) is 7.23. The summed E-state index contributed by atoms with van der Waals surface area (Å²) in [7, 11) is -10.3. The third-order valence-corrected chi connectivity index (χ3v) is 4.07. The van der Waals surface area contributed by atoms with Gasteiger partial charge in [-0.05, 0) is 25.0 Å². The molecule has 1 rings (SSSR count). The lowest BCUT2D eigenvalue weighted by Gasteiger charge is -2.41. The van der Waals surface area contributed by atoms with E-state index in [1.807, 2.05) is 0 Å². The Bertz CT molecular complexity index is 544. The molecule has 0 N–H and O–H groups in total. The molecule has 0 aliphatic rings. The molecular weight excluding hydrogens is 346 g/mol. The van der Waals surface area contributed by atoms with Gasteiger partial charge in [0, 0.05) is 0 Å². The largest absolute Gasteiger partial charge is 0.492 e. The normalized spacial score (nSPS) is 15.0. The van der Waals surface area contributed by atoms with Gasteiger partial charge in [-0.15, -0.1) is 0 Å². The van der Waals surface area contributed by atoms with Gasteiger partial charge in [0.25, 0.3) is 0 Å². The van der Waals surface area contributed by atoms with Crippen LogP contribution in [0, 0.1) is 5.82 Å². The molecule has 0 bridgehead atoms. The fraction of sp³-hybridized carbons (Fsp3) is 0.571. The number of unbranched alkanes of at least 4 members (excludes halogenated alkanes) is 2. The van der Waals surface area contributed by atoms with Gasteiger partial charge in [0.15, 0.2) is 16.5 Å². The molecule has 0 fully saturated rings. The first-order chi connectivity index (χ1) is 10.4. The lowest BCUT2D eigenvalue weighted by Crippen LogP contribution is -2.13. The molecule has 0 aliphatic carbocycles. The van der Waals surface area contributed by atoms with Crippen LogP contribution in [0.1, 0.15) is 39.5 Å². The van der Waals surface area contributed by atoms with Crippen molar-refractivity contribution in [3.05, 3.63) is 17.9 Å². The van der Waals surface area contributed by atoms with Gasteiger partial charge >= 0.3 is 10.2 Å². The standard InChI is InChI=1S/C14H20F6O2S/c1-3-5-9-21-11-7-8-12(22-10-6-4-2)14(13(11)15)23(16,17,18,19)20/h7-8H,3-6,9-10H2,1-2H3. The van der Waals surface area contributed by atoms with Crippen LogP contribution in [0.4, 0.5) is 23.8 Å². The van der Waals surface area contributed by atoms with Crippen molar-refractivity contribution in [3.63, 3.8) is 0 Å². The van der Waals surface area contributed by atoms with Gasteiger partial charge in [-0.25, -0.2) is 4.39 Å². The number of rotatable bonds is 9. The number of hydrogen-bond acceptors (Lipinski definition) is 2. The highest BCUT2D eigenvalue weighted by molar-refractivity contribution is 8.45. The van der Waals surface area contributed by atoms with Crippen LogP contribution in [-0.2, 0) is 0 Å². The first kappa shape index (κ1) is 19.8. The van der Waals surface area contributed by atoms with E-state index in [9.17, 15) is 23.8 Å². The minimum absolute atomic E-state index is 0.0663. The summed E-state index contributed by atoms with van der Waals surface area (Å²) in [5.41, 5.74) is 0. The van der Waals surface area contributed by atoms with Gasteiger partial charge in [-0.3, -0.25) is 0 Å². The number of benzene rings is 1. The zero-order valence-electron chi connectivity index (χ0n) is 12.9. The average Bonchev–Trinajstić information content (AvgIpc) is 2.38. The molecule has 0 radical (unpaired) electrons. The summed E-state index contributed by atoms with van der Waals surface area (Å²) < 4.78 is 89.5. The van der Waals surface area contributed by atoms with E-state index in [-0.39, 0.29) is 13.2 Å². The van der Waals surface area contributed by atoms with Crippen LogP contribution in [0.2, 0.25) is 0 Å². The second kappa shape index (κ2) is 6.33. The molecule has 1 aromatic rings. The molecule has 23 heavy (non-hydrogen) atoms. The summed E-state index contributed by atoms with van der Waals surface area (Å²) in [6.45, 7) is 3.26. The summed E-state index contributed by atoms with van der Waals surface area (Å²) in [5.74, 6) is -4.20. The van der Waals surface area contributed by atoms with E-state index >= 15 is 0 Å². The molecule has 0 amide bonds. The van der Waals surface area contributed by atoms with Gasteiger partial charge in [-0.1, -0.05) is 46.1 Å². The Labute approximate surface area is 131 Å². The molecule has 0 unspecified atom stereocenters. The minimum Gasteiger partial charge on any atom is -0.492 e. The highest BCUT2D eigenvalue weighted by Gasteiger charge is 2.69. The molecule has 0 atom stereocenters. The predicted octanol–water partition coefficient (Wildman–Crippen LogP) is 6.84. The van der Waals surface area contributed by atoms with E-state index in [2.05, 4.69) is 0 Å². The fourth-order valence-corrected chi connectivity index (χ4v) is 2.70. The van der Waals surface area contributed by atoms with Crippen molar-refractivity contribution < 1.29 is 33.3 Å². The highest BCUT2D eigenvalue weighted by atomic mass is 32.5. The Morgan fingerprint density at radius 2 is 1.26 bits per heavy atom. The predicted molar refractivity (Wildman–Crippen MR) is 78.6 cm³/mol. The summed E-state index contributed by atoms with van der Waals surface area (Å²) >= 11 is 0. The summed E-state index contributed by atoms with van der Waals surface area (Å²) in [6.07, 6.45) is 2.07. The van der Waals surface area contributed by atoms with Crippen LogP contribution in [0.3, 0.4) is 0 Å². The Balaban J connectivity index is 3.31. The van der Waals surface area contributed by atoms with Gasteiger partial charge < -0.3 is 9.47 Å². The number of ether oxygens (including phenoxy) is 2. The van der Waals surface area contributed by atoms with Crippen molar-refractivity contribution in [1.82, 2.24) is 0 Å². The maximum atomic E-state index is 14.1. The van der Waals surface area contributed by atoms with Crippen molar-refractivity contribution >= 4 is 10.2 Å². The Morgan fingerprint density at radius 3 is 1.70 bits per heavy atom. The molecule has 0 aromatic heterocycles. The third-order valence-electron chi connectivity index (χ3n) is 2.92. The molecule has 9 heteroatoms. The summed E-state index contributed by atoms with van der Waals surface area (Å²) in [5, 5.41) is 0. The van der Waals surface area contributed by atoms with E-state index in [4.69, 9.17) is 9.47 Å². The number of hydrogen-bond donors (Lipinski definition) is 0. The lowest BCUT2D eigenvalue weighted by molar-refractivity contribution is 0.267. The molecule has 0 spiro atoms. The summed E-state index contributed by atoms with van der Waals surface area (Å²) in [4.78, 5) is -2.64. The highest BCUT2D eigenvalue weighted by Crippen LogP contribution is 3.03. The van der Waals surface area contributed by atoms with Crippen LogP contribution in [0.5, 0.6) is 11.5 Å². The first-order valence-corrected chi connectivity index (χ1v) is 9.18. The van der Waals surface area contributed by atoms with Crippen LogP contribution in [-0.4, -0.2) is 13.2 Å². The lowest BCUT2D eigenvalue weighted by atomic mass is 10.3. The van der Waals surface area contributed by atoms with E-state index in [1.54, 1.807) is 13.8 Å².